The number of sulfone groups is 1. The Morgan fingerprint density at radius 1 is 1.18 bits per heavy atom. The van der Waals surface area contributed by atoms with Crippen molar-refractivity contribution < 1.29 is 22.3 Å². The quantitative estimate of drug-likeness (QED) is 0.481. The molecule has 0 spiro atoms. The zero-order chi connectivity index (χ0) is 24.6. The van der Waals surface area contributed by atoms with Crippen LogP contribution in [0, 0.1) is 11.2 Å². The summed E-state index contributed by atoms with van der Waals surface area (Å²) in [5.74, 6) is -0.642. The third kappa shape index (κ3) is 5.29. The second kappa shape index (κ2) is 9.28. The number of ether oxygens (including phenoxy) is 1. The molecule has 8 nitrogen and oxygen atoms in total. The van der Waals surface area contributed by atoms with Gasteiger partial charge >= 0.3 is 6.09 Å². The van der Waals surface area contributed by atoms with E-state index in [-0.39, 0.29) is 31.5 Å². The lowest BCUT2D eigenvalue weighted by Gasteiger charge is -2.28. The molecule has 0 saturated carbocycles. The van der Waals surface area contributed by atoms with E-state index < -0.39 is 33.3 Å². The van der Waals surface area contributed by atoms with E-state index >= 15 is 0 Å². The summed E-state index contributed by atoms with van der Waals surface area (Å²) < 4.78 is 47.5. The van der Waals surface area contributed by atoms with Crippen molar-refractivity contribution in [3.8, 4) is 5.69 Å². The number of carbonyl (C=O) groups is 1. The minimum atomic E-state index is -4.21. The Morgan fingerprint density at radius 2 is 1.88 bits per heavy atom. The highest BCUT2D eigenvalue weighted by molar-refractivity contribution is 7.91. The van der Waals surface area contributed by atoms with Gasteiger partial charge in [0.1, 0.15) is 16.7 Å². The first-order valence-corrected chi connectivity index (χ1v) is 11.9. The maximum absolute atomic E-state index is 14.0. The van der Waals surface area contributed by atoms with Gasteiger partial charge in [0, 0.05) is 30.8 Å². The van der Waals surface area contributed by atoms with Gasteiger partial charge in [0.2, 0.25) is 9.84 Å². The van der Waals surface area contributed by atoms with Gasteiger partial charge in [-0.2, -0.15) is 5.10 Å². The average molecular weight is 515 g/mol. The summed E-state index contributed by atoms with van der Waals surface area (Å²) in [4.78, 5) is 15.6. The number of nitrogens with one attached hydrogen (secondary N) is 1. The normalized spacial score (nSPS) is 12.9. The molecule has 3 rings (SSSR count). The van der Waals surface area contributed by atoms with Gasteiger partial charge in [-0.15, -0.1) is 0 Å². The van der Waals surface area contributed by atoms with E-state index in [9.17, 15) is 17.6 Å². The van der Waals surface area contributed by atoms with Crippen molar-refractivity contribution in [2.45, 2.75) is 36.8 Å². The number of hydrogen-bond donors (Lipinski definition) is 1. The lowest BCUT2D eigenvalue weighted by molar-refractivity contribution is 0.0284. The molecule has 0 radical (unpaired) electrons. The van der Waals surface area contributed by atoms with Gasteiger partial charge in [0.25, 0.3) is 0 Å². The van der Waals surface area contributed by atoms with Crippen molar-refractivity contribution in [1.82, 2.24) is 20.1 Å². The molecule has 2 heterocycles. The standard InChI is InChI=1S/C21H21Cl2FN4O4S/c1-21(2,3)19(32-20(29)25-4)15-10-18(33(30,31)13-6-8-17(23)26-11-13)28(27-15)16-9-12(24)5-7-14(16)22/h5-11,19H,1-4H3,(H,25,29). The number of pyridine rings is 1. The SMILES string of the molecule is CNC(=O)OC(c1cc(S(=O)(=O)c2ccc(Cl)nc2)n(-c2cc(F)ccc2Cl)n1)C(C)(C)C. The number of amides is 1. The van der Waals surface area contributed by atoms with Crippen LogP contribution in [-0.4, -0.2) is 36.3 Å². The van der Waals surface area contributed by atoms with Gasteiger partial charge in [-0.1, -0.05) is 44.0 Å². The molecular weight excluding hydrogens is 494 g/mol. The molecule has 1 unspecified atom stereocenters. The zero-order valence-electron chi connectivity index (χ0n) is 18.1. The first-order valence-electron chi connectivity index (χ1n) is 9.65. The van der Waals surface area contributed by atoms with Gasteiger partial charge in [-0.25, -0.2) is 27.3 Å². The van der Waals surface area contributed by atoms with Crippen LogP contribution in [0.3, 0.4) is 0 Å². The Labute approximate surface area is 200 Å². The highest BCUT2D eigenvalue weighted by Gasteiger charge is 2.35. The minimum absolute atomic E-state index is 0.00369. The van der Waals surface area contributed by atoms with Crippen molar-refractivity contribution in [2.24, 2.45) is 5.41 Å². The fraction of sp³-hybridized carbons (Fsp3) is 0.286. The number of halogens is 3. The Hall–Kier alpha value is -2.69. The van der Waals surface area contributed by atoms with Gasteiger partial charge in [-0.3, -0.25) is 0 Å². The molecule has 3 aromatic rings. The molecule has 33 heavy (non-hydrogen) atoms. The molecule has 12 heteroatoms. The Morgan fingerprint density at radius 3 is 2.45 bits per heavy atom. The minimum Gasteiger partial charge on any atom is -0.439 e. The maximum atomic E-state index is 14.0. The van der Waals surface area contributed by atoms with Crippen LogP contribution in [0.5, 0.6) is 0 Å². The molecule has 0 aliphatic heterocycles. The molecule has 0 aliphatic carbocycles. The van der Waals surface area contributed by atoms with Gasteiger partial charge in [0.15, 0.2) is 11.1 Å². The van der Waals surface area contributed by atoms with Crippen LogP contribution in [-0.2, 0) is 14.6 Å². The topological polar surface area (TPSA) is 103 Å². The van der Waals surface area contributed by atoms with Crippen molar-refractivity contribution in [1.29, 1.82) is 0 Å². The third-order valence-electron chi connectivity index (χ3n) is 4.60. The van der Waals surface area contributed by atoms with Crippen LogP contribution in [0.15, 0.2) is 52.5 Å². The summed E-state index contributed by atoms with van der Waals surface area (Å²) in [6, 6.07) is 7.37. The highest BCUT2D eigenvalue weighted by atomic mass is 35.5. The smallest absolute Gasteiger partial charge is 0.407 e. The average Bonchev–Trinajstić information content (AvgIpc) is 3.18. The lowest BCUT2D eigenvalue weighted by atomic mass is 9.87. The maximum Gasteiger partial charge on any atom is 0.407 e. The molecule has 0 aliphatic rings. The number of carbonyl (C=O) groups excluding carboxylic acids is 1. The summed E-state index contributed by atoms with van der Waals surface area (Å²) >= 11 is 12.1. The first-order chi connectivity index (χ1) is 15.3. The summed E-state index contributed by atoms with van der Waals surface area (Å²) in [7, 11) is -2.81. The van der Waals surface area contributed by atoms with Crippen molar-refractivity contribution >= 4 is 39.1 Å². The number of hydrogen-bond acceptors (Lipinski definition) is 6. The molecule has 0 fully saturated rings. The fourth-order valence-corrected chi connectivity index (χ4v) is 4.64. The highest BCUT2D eigenvalue weighted by Crippen LogP contribution is 2.38. The van der Waals surface area contributed by atoms with E-state index in [1.165, 1.54) is 31.3 Å². The van der Waals surface area contributed by atoms with Crippen LogP contribution in [0.2, 0.25) is 10.2 Å². The van der Waals surface area contributed by atoms with Gasteiger partial charge < -0.3 is 10.1 Å². The molecular formula is C21H21Cl2FN4O4S. The van der Waals surface area contributed by atoms with Crippen molar-refractivity contribution in [3.63, 3.8) is 0 Å². The van der Waals surface area contributed by atoms with E-state index in [4.69, 9.17) is 27.9 Å². The monoisotopic (exact) mass is 514 g/mol. The second-order valence-electron chi connectivity index (χ2n) is 8.14. The number of rotatable bonds is 5. The molecule has 0 bridgehead atoms. The van der Waals surface area contributed by atoms with Crippen LogP contribution < -0.4 is 5.32 Å². The molecule has 1 atom stereocenters. The Bertz CT molecular complexity index is 1290. The second-order valence-corrected chi connectivity index (χ2v) is 10.8. The number of aromatic nitrogens is 3. The van der Waals surface area contributed by atoms with Crippen molar-refractivity contribution in [2.75, 3.05) is 7.05 Å². The third-order valence-corrected chi connectivity index (χ3v) is 6.85. The Kier molecular flexibility index (Phi) is 7.01. The number of nitrogens with zero attached hydrogens (tertiary/aromatic N) is 3. The summed E-state index contributed by atoms with van der Waals surface area (Å²) in [5.41, 5.74) is -0.539. The van der Waals surface area contributed by atoms with E-state index in [0.717, 1.165) is 23.0 Å². The molecule has 0 saturated heterocycles. The molecule has 2 aromatic heterocycles. The molecule has 1 N–H and O–H groups in total. The lowest BCUT2D eigenvalue weighted by Crippen LogP contribution is -2.29. The predicted molar refractivity (Wildman–Crippen MR) is 121 cm³/mol. The largest absolute Gasteiger partial charge is 0.439 e. The van der Waals surface area contributed by atoms with Crippen LogP contribution in [0.1, 0.15) is 32.6 Å². The fourth-order valence-electron chi connectivity index (χ4n) is 3.01. The molecule has 176 valence electrons. The molecule has 1 aromatic carbocycles. The van der Waals surface area contributed by atoms with E-state index in [0.29, 0.717) is 0 Å². The predicted octanol–water partition coefficient (Wildman–Crippen LogP) is 4.99. The van der Waals surface area contributed by atoms with Crippen LogP contribution >= 0.6 is 23.2 Å². The van der Waals surface area contributed by atoms with E-state index in [2.05, 4.69) is 15.4 Å². The molecule has 1 amide bonds. The van der Waals surface area contributed by atoms with Gasteiger partial charge in [0.05, 0.1) is 15.6 Å². The zero-order valence-corrected chi connectivity index (χ0v) is 20.5. The number of alkyl carbamates (subject to hydrolysis) is 1. The summed E-state index contributed by atoms with van der Waals surface area (Å²) in [5, 5.41) is 6.61. The van der Waals surface area contributed by atoms with Crippen LogP contribution in [0.25, 0.3) is 5.69 Å². The van der Waals surface area contributed by atoms with Gasteiger partial charge in [-0.05, 0) is 24.3 Å². The van der Waals surface area contributed by atoms with Crippen molar-refractivity contribution in [3.05, 3.63) is 64.3 Å². The summed E-state index contributed by atoms with van der Waals surface area (Å²) in [6.07, 6.45) is -0.563. The number of benzene rings is 1. The van der Waals surface area contributed by atoms with E-state index in [1.807, 2.05) is 0 Å². The Balaban J connectivity index is 2.29. The van der Waals surface area contributed by atoms with Crippen LogP contribution in [0.4, 0.5) is 9.18 Å². The summed E-state index contributed by atoms with van der Waals surface area (Å²) in [6.45, 7) is 5.39. The first kappa shape index (κ1) is 24.9. The van der Waals surface area contributed by atoms with E-state index in [1.54, 1.807) is 20.8 Å².